The lowest BCUT2D eigenvalue weighted by atomic mass is 9.96. The lowest BCUT2D eigenvalue weighted by Crippen LogP contribution is -2.53. The number of β-amino-alcohol motifs (C(OH)–C–C–N with tert-alkyl or cyclic N) is 1. The Bertz CT molecular complexity index is 333. The van der Waals surface area contributed by atoms with Crippen LogP contribution in [0.3, 0.4) is 0 Å². The summed E-state index contributed by atoms with van der Waals surface area (Å²) in [4.78, 5) is 24.6. The summed E-state index contributed by atoms with van der Waals surface area (Å²) in [5.74, 6) is -0.656. The molecular formula is C13H24N2O4. The summed E-state index contributed by atoms with van der Waals surface area (Å²) in [6.07, 6.45) is 0.595. The van der Waals surface area contributed by atoms with Gasteiger partial charge < -0.3 is 20.4 Å². The van der Waals surface area contributed by atoms with Crippen molar-refractivity contribution in [3.63, 3.8) is 0 Å². The Balaban J connectivity index is 2.55. The highest BCUT2D eigenvalue weighted by Gasteiger charge is 2.29. The minimum Gasteiger partial charge on any atom is -0.480 e. The Morgan fingerprint density at radius 3 is 2.53 bits per heavy atom. The van der Waals surface area contributed by atoms with Crippen LogP contribution < -0.4 is 5.32 Å². The van der Waals surface area contributed by atoms with Gasteiger partial charge in [-0.3, -0.25) is 0 Å². The quantitative estimate of drug-likeness (QED) is 0.709. The number of urea groups is 1. The van der Waals surface area contributed by atoms with Crippen molar-refractivity contribution in [1.29, 1.82) is 0 Å². The molecule has 0 spiro atoms. The highest BCUT2D eigenvalue weighted by molar-refractivity contribution is 5.82. The molecule has 1 heterocycles. The number of nitrogens with zero attached hydrogens (tertiary/aromatic N) is 1. The van der Waals surface area contributed by atoms with Crippen molar-refractivity contribution >= 4 is 12.0 Å². The van der Waals surface area contributed by atoms with Gasteiger partial charge in [0.1, 0.15) is 6.04 Å². The van der Waals surface area contributed by atoms with Gasteiger partial charge in [-0.15, -0.1) is 0 Å². The first kappa shape index (κ1) is 15.8. The maximum atomic E-state index is 12.0. The van der Waals surface area contributed by atoms with Crippen molar-refractivity contribution in [1.82, 2.24) is 10.2 Å². The molecule has 0 radical (unpaired) electrons. The zero-order valence-corrected chi connectivity index (χ0v) is 11.8. The van der Waals surface area contributed by atoms with Crippen LogP contribution in [0, 0.1) is 11.8 Å². The van der Waals surface area contributed by atoms with E-state index >= 15 is 0 Å². The lowest BCUT2D eigenvalue weighted by molar-refractivity contribution is -0.139. The normalized spacial score (nSPS) is 25.2. The van der Waals surface area contributed by atoms with Crippen molar-refractivity contribution in [3.05, 3.63) is 0 Å². The molecule has 6 heteroatoms. The van der Waals surface area contributed by atoms with Crippen LogP contribution in [0.15, 0.2) is 0 Å². The number of hydrogen-bond donors (Lipinski definition) is 3. The van der Waals surface area contributed by atoms with Gasteiger partial charge in [-0.05, 0) is 24.7 Å². The van der Waals surface area contributed by atoms with Crippen LogP contribution in [0.4, 0.5) is 4.79 Å². The predicted molar refractivity (Wildman–Crippen MR) is 70.8 cm³/mol. The van der Waals surface area contributed by atoms with E-state index in [1.807, 2.05) is 20.8 Å². The molecule has 6 nitrogen and oxygen atoms in total. The number of aliphatic hydroxyl groups is 1. The number of amides is 2. The predicted octanol–water partition coefficient (Wildman–Crippen LogP) is 0.898. The van der Waals surface area contributed by atoms with E-state index in [1.54, 1.807) is 0 Å². The van der Waals surface area contributed by atoms with Gasteiger partial charge >= 0.3 is 12.0 Å². The third-order valence-electron chi connectivity index (χ3n) is 3.51. The van der Waals surface area contributed by atoms with E-state index in [9.17, 15) is 14.7 Å². The monoisotopic (exact) mass is 272 g/mol. The van der Waals surface area contributed by atoms with Crippen molar-refractivity contribution in [3.8, 4) is 0 Å². The fraction of sp³-hybridized carbons (Fsp3) is 0.846. The molecule has 1 aliphatic heterocycles. The number of carboxylic acids is 1. The second-order valence-electron chi connectivity index (χ2n) is 5.75. The number of rotatable bonds is 4. The van der Waals surface area contributed by atoms with E-state index in [4.69, 9.17) is 5.11 Å². The second kappa shape index (κ2) is 6.75. The van der Waals surface area contributed by atoms with E-state index in [-0.39, 0.29) is 18.4 Å². The molecule has 19 heavy (non-hydrogen) atoms. The molecule has 3 N–H and O–H groups in total. The Morgan fingerprint density at radius 2 is 2.05 bits per heavy atom. The number of nitrogens with one attached hydrogen (secondary N) is 1. The van der Waals surface area contributed by atoms with Crippen LogP contribution in [-0.4, -0.2) is 52.3 Å². The van der Waals surface area contributed by atoms with Gasteiger partial charge in [0.05, 0.1) is 6.10 Å². The zero-order valence-electron chi connectivity index (χ0n) is 11.8. The number of aliphatic carboxylic acids is 1. The number of hydrogen-bond acceptors (Lipinski definition) is 3. The zero-order chi connectivity index (χ0) is 14.6. The van der Waals surface area contributed by atoms with Crippen molar-refractivity contribution in [2.75, 3.05) is 13.1 Å². The molecule has 0 aromatic rings. The molecular weight excluding hydrogens is 248 g/mol. The van der Waals surface area contributed by atoms with E-state index < -0.39 is 24.1 Å². The molecule has 0 aliphatic carbocycles. The first-order valence-corrected chi connectivity index (χ1v) is 6.77. The van der Waals surface area contributed by atoms with Crippen LogP contribution in [0.25, 0.3) is 0 Å². The first-order valence-electron chi connectivity index (χ1n) is 6.77. The van der Waals surface area contributed by atoms with E-state index in [2.05, 4.69) is 5.32 Å². The fourth-order valence-electron chi connectivity index (χ4n) is 2.17. The number of carbonyl (C=O) groups is 2. The van der Waals surface area contributed by atoms with Crippen molar-refractivity contribution in [2.45, 2.75) is 45.8 Å². The summed E-state index contributed by atoms with van der Waals surface area (Å²) in [6.45, 7) is 6.58. The Morgan fingerprint density at radius 1 is 1.42 bits per heavy atom. The number of carbonyl (C=O) groups excluding carboxylic acids is 1. The SMILES string of the molecule is CC(C)C[C@H](NC(=O)N1CCC(C)C(O)C1)C(=O)O. The maximum absolute atomic E-state index is 12.0. The molecule has 0 aromatic heterocycles. The van der Waals surface area contributed by atoms with Gasteiger partial charge in [0.15, 0.2) is 0 Å². The van der Waals surface area contributed by atoms with E-state index in [0.717, 1.165) is 6.42 Å². The Hall–Kier alpha value is -1.30. The second-order valence-corrected chi connectivity index (χ2v) is 5.75. The number of likely N-dealkylation sites (tertiary alicyclic amines) is 1. The fourth-order valence-corrected chi connectivity index (χ4v) is 2.17. The van der Waals surface area contributed by atoms with Crippen molar-refractivity contribution < 1.29 is 19.8 Å². The van der Waals surface area contributed by atoms with Gasteiger partial charge in [-0.1, -0.05) is 20.8 Å². The third kappa shape index (κ3) is 4.70. The number of aliphatic hydroxyl groups excluding tert-OH is 1. The van der Waals surface area contributed by atoms with Gasteiger partial charge in [-0.2, -0.15) is 0 Å². The standard InChI is InChI=1S/C13H24N2O4/c1-8(2)6-10(12(17)18)14-13(19)15-5-4-9(3)11(16)7-15/h8-11,16H,4-7H2,1-3H3,(H,14,19)(H,17,18)/t9?,10-,11?/m0/s1. The highest BCUT2D eigenvalue weighted by Crippen LogP contribution is 2.17. The van der Waals surface area contributed by atoms with Gasteiger partial charge in [0.25, 0.3) is 0 Å². The highest BCUT2D eigenvalue weighted by atomic mass is 16.4. The van der Waals surface area contributed by atoms with Crippen LogP contribution in [0.5, 0.6) is 0 Å². The molecule has 2 unspecified atom stereocenters. The van der Waals surface area contributed by atoms with Gasteiger partial charge in [0, 0.05) is 13.1 Å². The third-order valence-corrected chi connectivity index (χ3v) is 3.51. The van der Waals surface area contributed by atoms with Crippen LogP contribution in [0.2, 0.25) is 0 Å². The van der Waals surface area contributed by atoms with Gasteiger partial charge in [-0.25, -0.2) is 9.59 Å². The Kier molecular flexibility index (Phi) is 5.60. The summed E-state index contributed by atoms with van der Waals surface area (Å²) in [6, 6.07) is -1.28. The summed E-state index contributed by atoms with van der Waals surface area (Å²) in [5.41, 5.74) is 0. The number of carboxylic acid groups (broad SMARTS) is 1. The van der Waals surface area contributed by atoms with Crippen molar-refractivity contribution in [2.24, 2.45) is 11.8 Å². The van der Waals surface area contributed by atoms with Crippen LogP contribution in [-0.2, 0) is 4.79 Å². The Labute approximate surface area is 113 Å². The van der Waals surface area contributed by atoms with Gasteiger partial charge in [0.2, 0.25) is 0 Å². The van der Waals surface area contributed by atoms with E-state index in [1.165, 1.54) is 4.90 Å². The first-order chi connectivity index (χ1) is 8.81. The summed E-state index contributed by atoms with van der Waals surface area (Å²) in [5, 5.41) is 21.4. The molecule has 1 saturated heterocycles. The molecule has 2 amide bonds. The summed E-state index contributed by atoms with van der Waals surface area (Å²) < 4.78 is 0. The largest absolute Gasteiger partial charge is 0.480 e. The average molecular weight is 272 g/mol. The van der Waals surface area contributed by atoms with E-state index in [0.29, 0.717) is 13.0 Å². The topological polar surface area (TPSA) is 89.9 Å². The molecule has 3 atom stereocenters. The van der Waals surface area contributed by atoms with Crippen LogP contribution in [0.1, 0.15) is 33.6 Å². The summed E-state index contributed by atoms with van der Waals surface area (Å²) >= 11 is 0. The number of piperidine rings is 1. The molecule has 0 saturated carbocycles. The summed E-state index contributed by atoms with van der Waals surface area (Å²) in [7, 11) is 0. The smallest absolute Gasteiger partial charge is 0.326 e. The maximum Gasteiger partial charge on any atom is 0.326 e. The molecule has 0 aromatic carbocycles. The molecule has 1 aliphatic rings. The molecule has 1 fully saturated rings. The lowest BCUT2D eigenvalue weighted by Gasteiger charge is -2.34. The molecule has 0 bridgehead atoms. The van der Waals surface area contributed by atoms with Crippen LogP contribution >= 0.6 is 0 Å². The minimum absolute atomic E-state index is 0.176. The molecule has 1 rings (SSSR count). The molecule has 110 valence electrons. The average Bonchev–Trinajstić information content (AvgIpc) is 2.31. The minimum atomic E-state index is -1.02.